The summed E-state index contributed by atoms with van der Waals surface area (Å²) in [5, 5.41) is 3.18. The van der Waals surface area contributed by atoms with Crippen LogP contribution in [-0.4, -0.2) is 38.9 Å². The van der Waals surface area contributed by atoms with Crippen molar-refractivity contribution in [1.29, 1.82) is 0 Å². The fraction of sp³-hybridized carbons (Fsp3) is 0.480. The molecule has 0 unspecified atom stereocenters. The molecule has 2 saturated heterocycles. The number of rotatable bonds is 6. The van der Waals surface area contributed by atoms with E-state index in [2.05, 4.69) is 5.32 Å². The Morgan fingerprint density at radius 3 is 2.55 bits per heavy atom. The van der Waals surface area contributed by atoms with Gasteiger partial charge in [0.05, 0.1) is 12.0 Å². The second-order valence-corrected chi connectivity index (χ2v) is 8.69. The molecule has 166 valence electrons. The van der Waals surface area contributed by atoms with Crippen LogP contribution in [0, 0.1) is 23.0 Å². The maximum absolute atomic E-state index is 13.7. The van der Waals surface area contributed by atoms with Gasteiger partial charge in [0.25, 0.3) is 0 Å². The zero-order valence-corrected chi connectivity index (χ0v) is 17.7. The van der Waals surface area contributed by atoms with E-state index in [-0.39, 0.29) is 5.91 Å². The quantitative estimate of drug-likeness (QED) is 0.735. The van der Waals surface area contributed by atoms with Crippen molar-refractivity contribution in [2.24, 2.45) is 11.3 Å². The van der Waals surface area contributed by atoms with E-state index >= 15 is 0 Å². The van der Waals surface area contributed by atoms with Crippen LogP contribution in [0.3, 0.4) is 0 Å². The lowest BCUT2D eigenvalue weighted by molar-refractivity contribution is -0.137. The second-order valence-electron chi connectivity index (χ2n) is 8.69. The molecule has 2 aromatic carbocycles. The predicted molar refractivity (Wildman–Crippen MR) is 115 cm³/mol. The van der Waals surface area contributed by atoms with E-state index in [0.717, 1.165) is 36.6 Å². The standard InChI is InChI=1S/C25H29F2NO3/c26-22-7-6-21(14-23(22)27)20-5-1-3-18(13-20)15-25(8-11-30-12-9-25)24(29)28-16-19-4-2-10-31-17-19/h1,3,5-7,13-14,19H,2,4,8-12,15-17H2,(H,28,29)/t19-/m0/s1. The number of nitrogens with one attached hydrogen (secondary N) is 1. The number of carbonyl (C=O) groups excluding carboxylic acids is 1. The molecule has 6 heteroatoms. The Hall–Kier alpha value is -2.31. The molecule has 0 spiro atoms. The van der Waals surface area contributed by atoms with Crippen LogP contribution in [0.15, 0.2) is 42.5 Å². The summed E-state index contributed by atoms with van der Waals surface area (Å²) >= 11 is 0. The third-order valence-electron chi connectivity index (χ3n) is 6.46. The summed E-state index contributed by atoms with van der Waals surface area (Å²) in [7, 11) is 0. The monoisotopic (exact) mass is 429 g/mol. The normalized spacial score (nSPS) is 20.9. The molecule has 2 aliphatic heterocycles. The summed E-state index contributed by atoms with van der Waals surface area (Å²) in [6.45, 7) is 3.26. The summed E-state index contributed by atoms with van der Waals surface area (Å²) in [4.78, 5) is 13.3. The van der Waals surface area contributed by atoms with Gasteiger partial charge in [-0.1, -0.05) is 30.3 Å². The fourth-order valence-electron chi connectivity index (χ4n) is 4.57. The number of hydrogen-bond acceptors (Lipinski definition) is 3. The maximum atomic E-state index is 13.7. The van der Waals surface area contributed by atoms with Crippen molar-refractivity contribution in [3.8, 4) is 11.1 Å². The SMILES string of the molecule is O=C(NC[C@@H]1CCCOC1)C1(Cc2cccc(-c3ccc(F)c(F)c3)c2)CCOCC1. The molecule has 2 aliphatic rings. The molecule has 0 aliphatic carbocycles. The van der Waals surface area contributed by atoms with Gasteiger partial charge in [0.15, 0.2) is 11.6 Å². The minimum atomic E-state index is -0.866. The van der Waals surface area contributed by atoms with Crippen molar-refractivity contribution >= 4 is 5.91 Å². The molecular formula is C25H29F2NO3. The molecule has 31 heavy (non-hydrogen) atoms. The highest BCUT2D eigenvalue weighted by molar-refractivity contribution is 5.83. The maximum Gasteiger partial charge on any atom is 0.226 e. The molecule has 1 atom stereocenters. The van der Waals surface area contributed by atoms with Crippen molar-refractivity contribution in [3.05, 3.63) is 59.7 Å². The number of benzene rings is 2. The van der Waals surface area contributed by atoms with Crippen LogP contribution < -0.4 is 5.32 Å². The molecule has 0 bridgehead atoms. The molecular weight excluding hydrogens is 400 g/mol. The van der Waals surface area contributed by atoms with Crippen LogP contribution in [0.2, 0.25) is 0 Å². The highest BCUT2D eigenvalue weighted by Crippen LogP contribution is 2.36. The molecule has 4 rings (SSSR count). The Kier molecular flexibility index (Phi) is 6.98. The summed E-state index contributed by atoms with van der Waals surface area (Å²) in [5.41, 5.74) is 1.89. The van der Waals surface area contributed by atoms with Crippen LogP contribution in [-0.2, 0) is 20.7 Å². The summed E-state index contributed by atoms with van der Waals surface area (Å²) < 4.78 is 38.1. The van der Waals surface area contributed by atoms with Gasteiger partial charge in [-0.25, -0.2) is 8.78 Å². The zero-order valence-electron chi connectivity index (χ0n) is 17.7. The molecule has 0 radical (unpaired) electrons. The van der Waals surface area contributed by atoms with E-state index in [9.17, 15) is 13.6 Å². The molecule has 0 aromatic heterocycles. The lowest BCUT2D eigenvalue weighted by atomic mass is 9.74. The minimum absolute atomic E-state index is 0.0691. The Labute approximate surface area is 181 Å². The van der Waals surface area contributed by atoms with E-state index in [0.29, 0.717) is 57.1 Å². The summed E-state index contributed by atoms with van der Waals surface area (Å²) in [6, 6.07) is 11.6. The summed E-state index contributed by atoms with van der Waals surface area (Å²) in [5.74, 6) is -1.29. The van der Waals surface area contributed by atoms with Crippen LogP contribution in [0.5, 0.6) is 0 Å². The number of hydrogen-bond donors (Lipinski definition) is 1. The summed E-state index contributed by atoms with van der Waals surface area (Å²) in [6.07, 6.45) is 4.02. The number of halogens is 2. The van der Waals surface area contributed by atoms with Gasteiger partial charge in [0.1, 0.15) is 0 Å². The third-order valence-corrected chi connectivity index (χ3v) is 6.46. The van der Waals surface area contributed by atoms with Gasteiger partial charge in [0.2, 0.25) is 5.91 Å². The Balaban J connectivity index is 1.50. The van der Waals surface area contributed by atoms with Gasteiger partial charge in [-0.3, -0.25) is 4.79 Å². The van der Waals surface area contributed by atoms with Crippen LogP contribution in [0.1, 0.15) is 31.2 Å². The first kappa shape index (κ1) is 21.9. The number of ether oxygens (including phenoxy) is 2. The van der Waals surface area contributed by atoms with E-state index in [1.54, 1.807) is 6.07 Å². The predicted octanol–water partition coefficient (Wildman–Crippen LogP) is 4.51. The van der Waals surface area contributed by atoms with Gasteiger partial charge < -0.3 is 14.8 Å². The first-order chi connectivity index (χ1) is 15.1. The zero-order chi connectivity index (χ0) is 21.7. The topological polar surface area (TPSA) is 47.6 Å². The van der Waals surface area contributed by atoms with E-state index in [4.69, 9.17) is 9.47 Å². The van der Waals surface area contributed by atoms with Crippen molar-refractivity contribution in [3.63, 3.8) is 0 Å². The molecule has 1 N–H and O–H groups in total. The molecule has 2 aromatic rings. The van der Waals surface area contributed by atoms with Crippen molar-refractivity contribution < 1.29 is 23.0 Å². The van der Waals surface area contributed by atoms with E-state index in [1.807, 2.05) is 24.3 Å². The van der Waals surface area contributed by atoms with Gasteiger partial charge in [-0.05, 0) is 66.8 Å². The van der Waals surface area contributed by atoms with Gasteiger partial charge in [-0.15, -0.1) is 0 Å². The molecule has 2 heterocycles. The average molecular weight is 430 g/mol. The van der Waals surface area contributed by atoms with E-state index < -0.39 is 17.0 Å². The lowest BCUT2D eigenvalue weighted by Gasteiger charge is -2.36. The van der Waals surface area contributed by atoms with Crippen LogP contribution in [0.4, 0.5) is 8.78 Å². The van der Waals surface area contributed by atoms with Crippen molar-refractivity contribution in [2.45, 2.75) is 32.1 Å². The molecule has 0 saturated carbocycles. The largest absolute Gasteiger partial charge is 0.381 e. The molecule has 2 fully saturated rings. The van der Waals surface area contributed by atoms with E-state index in [1.165, 1.54) is 6.07 Å². The highest BCUT2D eigenvalue weighted by atomic mass is 19.2. The van der Waals surface area contributed by atoms with Gasteiger partial charge >= 0.3 is 0 Å². The van der Waals surface area contributed by atoms with Crippen molar-refractivity contribution in [1.82, 2.24) is 5.32 Å². The van der Waals surface area contributed by atoms with Gasteiger partial charge in [0, 0.05) is 26.4 Å². The van der Waals surface area contributed by atoms with Crippen molar-refractivity contribution in [2.75, 3.05) is 33.0 Å². The Morgan fingerprint density at radius 2 is 1.81 bits per heavy atom. The number of carbonyl (C=O) groups is 1. The number of amides is 1. The minimum Gasteiger partial charge on any atom is -0.381 e. The average Bonchev–Trinajstić information content (AvgIpc) is 2.80. The smallest absolute Gasteiger partial charge is 0.226 e. The third kappa shape index (κ3) is 5.31. The molecule has 1 amide bonds. The van der Waals surface area contributed by atoms with Crippen LogP contribution in [0.25, 0.3) is 11.1 Å². The molecule has 4 nitrogen and oxygen atoms in total. The Morgan fingerprint density at radius 1 is 1.00 bits per heavy atom. The Bertz CT molecular complexity index is 905. The second kappa shape index (κ2) is 9.88. The first-order valence-electron chi connectivity index (χ1n) is 11.0. The first-order valence-corrected chi connectivity index (χ1v) is 11.0. The highest BCUT2D eigenvalue weighted by Gasteiger charge is 2.40. The van der Waals surface area contributed by atoms with Gasteiger partial charge in [-0.2, -0.15) is 0 Å². The van der Waals surface area contributed by atoms with Crippen LogP contribution >= 0.6 is 0 Å². The lowest BCUT2D eigenvalue weighted by Crippen LogP contribution is -2.47. The fourth-order valence-corrected chi connectivity index (χ4v) is 4.57.